The van der Waals surface area contributed by atoms with Crippen LogP contribution in [0.5, 0.6) is 0 Å². The largest absolute Gasteiger partial charge is 0.290 e. The molecule has 0 saturated carbocycles. The maximum absolute atomic E-state index is 11.6. The fourth-order valence-electron chi connectivity index (χ4n) is 1.54. The van der Waals surface area contributed by atoms with Crippen LogP contribution in [0.15, 0.2) is 72.8 Å². The van der Waals surface area contributed by atoms with Gasteiger partial charge in [-0.25, -0.2) is 0 Å². The number of hydrogen-bond acceptors (Lipinski definition) is 1. The van der Waals surface area contributed by atoms with Gasteiger partial charge in [-0.15, -0.1) is 0 Å². The third kappa shape index (κ3) is 5.63. The van der Waals surface area contributed by atoms with Crippen molar-refractivity contribution in [3.63, 3.8) is 0 Å². The summed E-state index contributed by atoms with van der Waals surface area (Å²) >= 11 is 0. The van der Waals surface area contributed by atoms with Gasteiger partial charge in [0, 0.05) is 21.1 Å². The molecule has 0 spiro atoms. The molecule has 2 aromatic rings. The van der Waals surface area contributed by atoms with Crippen LogP contribution in [0.3, 0.4) is 0 Å². The zero-order chi connectivity index (χ0) is 12.6. The number of ketones is 1. The van der Waals surface area contributed by atoms with Crippen molar-refractivity contribution in [3.8, 4) is 0 Å². The average molecular weight is 429 g/mol. The van der Waals surface area contributed by atoms with E-state index in [4.69, 9.17) is 0 Å². The standard InChI is InChI=1S/C17H14O.Pt/c18-17(13-11-15-7-3-1-4-8-15)14-12-16-9-5-2-6-10-16;/h1-14H;/b13-11+,14-12+;. The van der Waals surface area contributed by atoms with Gasteiger partial charge in [-0.05, 0) is 23.3 Å². The van der Waals surface area contributed by atoms with Crippen LogP contribution < -0.4 is 0 Å². The predicted molar refractivity (Wildman–Crippen MR) is 76.0 cm³/mol. The summed E-state index contributed by atoms with van der Waals surface area (Å²) < 4.78 is 0. The number of allylic oxidation sites excluding steroid dienone is 2. The molecule has 98 valence electrons. The van der Waals surface area contributed by atoms with Crippen molar-refractivity contribution in [2.75, 3.05) is 0 Å². The predicted octanol–water partition coefficient (Wildman–Crippen LogP) is 3.98. The van der Waals surface area contributed by atoms with Crippen LogP contribution in [0.4, 0.5) is 0 Å². The van der Waals surface area contributed by atoms with Crippen molar-refractivity contribution >= 4 is 17.9 Å². The fraction of sp³-hybridized carbons (Fsp3) is 0. The zero-order valence-electron chi connectivity index (χ0n) is 10.3. The molecule has 0 bridgehead atoms. The molecule has 0 aliphatic rings. The number of carbonyl (C=O) groups is 1. The van der Waals surface area contributed by atoms with Crippen LogP contribution in [0.2, 0.25) is 0 Å². The van der Waals surface area contributed by atoms with Gasteiger partial charge in [0.1, 0.15) is 0 Å². The van der Waals surface area contributed by atoms with E-state index in [1.165, 1.54) is 0 Å². The Morgan fingerprint density at radius 1 is 0.684 bits per heavy atom. The molecule has 0 heterocycles. The minimum Gasteiger partial charge on any atom is -0.290 e. The molecule has 0 radical (unpaired) electrons. The van der Waals surface area contributed by atoms with E-state index in [0.717, 1.165) is 11.1 Å². The Bertz CT molecular complexity index is 505. The Labute approximate surface area is 127 Å². The van der Waals surface area contributed by atoms with Gasteiger partial charge >= 0.3 is 0 Å². The van der Waals surface area contributed by atoms with Gasteiger partial charge < -0.3 is 0 Å². The van der Waals surface area contributed by atoms with E-state index in [0.29, 0.717) is 0 Å². The van der Waals surface area contributed by atoms with Gasteiger partial charge in [0.15, 0.2) is 5.78 Å². The van der Waals surface area contributed by atoms with Crippen molar-refractivity contribution in [2.24, 2.45) is 0 Å². The smallest absolute Gasteiger partial charge is 0.178 e. The van der Waals surface area contributed by atoms with Crippen LogP contribution in [-0.4, -0.2) is 5.78 Å². The van der Waals surface area contributed by atoms with Crippen LogP contribution in [0.1, 0.15) is 11.1 Å². The van der Waals surface area contributed by atoms with Gasteiger partial charge in [-0.2, -0.15) is 0 Å². The number of hydrogen-bond donors (Lipinski definition) is 0. The maximum Gasteiger partial charge on any atom is 0.178 e. The normalized spacial score (nSPS) is 10.5. The van der Waals surface area contributed by atoms with Crippen molar-refractivity contribution < 1.29 is 25.9 Å². The molecule has 2 rings (SSSR count). The number of carbonyl (C=O) groups excluding carboxylic acids is 1. The zero-order valence-corrected chi connectivity index (χ0v) is 12.6. The van der Waals surface area contributed by atoms with Crippen molar-refractivity contribution in [3.05, 3.63) is 83.9 Å². The van der Waals surface area contributed by atoms with Crippen molar-refractivity contribution in [1.82, 2.24) is 0 Å². The molecule has 19 heavy (non-hydrogen) atoms. The van der Waals surface area contributed by atoms with E-state index in [9.17, 15) is 4.79 Å². The molecule has 2 aromatic carbocycles. The van der Waals surface area contributed by atoms with Gasteiger partial charge in [-0.3, -0.25) is 4.79 Å². The molecular weight excluding hydrogens is 415 g/mol. The Balaban J connectivity index is 0.00000180. The molecule has 2 heteroatoms. The van der Waals surface area contributed by atoms with E-state index in [1.54, 1.807) is 12.2 Å². The summed E-state index contributed by atoms with van der Waals surface area (Å²) in [5.74, 6) is -0.0114. The molecule has 0 N–H and O–H groups in total. The Hall–Kier alpha value is -1.72. The first-order valence-electron chi connectivity index (χ1n) is 5.85. The maximum atomic E-state index is 11.6. The first-order chi connectivity index (χ1) is 8.84. The fourth-order valence-corrected chi connectivity index (χ4v) is 1.54. The van der Waals surface area contributed by atoms with Crippen LogP contribution >= 0.6 is 0 Å². The SMILES string of the molecule is O=C(/C=C/c1ccccc1)/C=C/c1ccccc1.[Pt]. The molecule has 0 fully saturated rings. The quantitative estimate of drug-likeness (QED) is 0.673. The molecule has 0 unspecified atom stereocenters. The molecule has 0 atom stereocenters. The summed E-state index contributed by atoms with van der Waals surface area (Å²) in [5, 5.41) is 0. The third-order valence-corrected chi connectivity index (χ3v) is 2.48. The van der Waals surface area contributed by atoms with Gasteiger partial charge in [-0.1, -0.05) is 72.8 Å². The minimum atomic E-state index is -0.0114. The Morgan fingerprint density at radius 2 is 1.05 bits per heavy atom. The molecule has 0 amide bonds. The number of rotatable bonds is 4. The first kappa shape index (κ1) is 15.3. The molecule has 0 aliphatic carbocycles. The second-order valence-electron chi connectivity index (χ2n) is 3.89. The molecular formula is C17H14OPt. The van der Waals surface area contributed by atoms with Gasteiger partial charge in [0.05, 0.1) is 0 Å². The van der Waals surface area contributed by atoms with Crippen molar-refractivity contribution in [2.45, 2.75) is 0 Å². The van der Waals surface area contributed by atoms with Gasteiger partial charge in [0.25, 0.3) is 0 Å². The van der Waals surface area contributed by atoms with Crippen molar-refractivity contribution in [1.29, 1.82) is 0 Å². The van der Waals surface area contributed by atoms with Gasteiger partial charge in [0.2, 0.25) is 0 Å². The van der Waals surface area contributed by atoms with Crippen LogP contribution in [0, 0.1) is 0 Å². The molecule has 0 saturated heterocycles. The summed E-state index contributed by atoms with van der Waals surface area (Å²) in [6.45, 7) is 0. The summed E-state index contributed by atoms with van der Waals surface area (Å²) in [6.07, 6.45) is 6.79. The van der Waals surface area contributed by atoms with Crippen LogP contribution in [-0.2, 0) is 25.9 Å². The third-order valence-electron chi connectivity index (χ3n) is 2.48. The second-order valence-corrected chi connectivity index (χ2v) is 3.89. The van der Waals surface area contributed by atoms with E-state index in [2.05, 4.69) is 0 Å². The molecule has 0 aliphatic heterocycles. The minimum absolute atomic E-state index is 0. The summed E-state index contributed by atoms with van der Waals surface area (Å²) in [5.41, 5.74) is 2.05. The van der Waals surface area contributed by atoms with Crippen LogP contribution in [0.25, 0.3) is 12.2 Å². The molecule has 0 aromatic heterocycles. The topological polar surface area (TPSA) is 17.1 Å². The summed E-state index contributed by atoms with van der Waals surface area (Å²) in [7, 11) is 0. The van der Waals surface area contributed by atoms with E-state index < -0.39 is 0 Å². The van der Waals surface area contributed by atoms with E-state index >= 15 is 0 Å². The Kier molecular flexibility index (Phi) is 6.77. The molecule has 1 nitrogen and oxygen atoms in total. The van der Waals surface area contributed by atoms with E-state index in [-0.39, 0.29) is 26.8 Å². The first-order valence-corrected chi connectivity index (χ1v) is 5.85. The monoisotopic (exact) mass is 429 g/mol. The van der Waals surface area contributed by atoms with E-state index in [1.807, 2.05) is 72.8 Å². The summed E-state index contributed by atoms with van der Waals surface area (Å²) in [6, 6.07) is 19.6. The summed E-state index contributed by atoms with van der Waals surface area (Å²) in [4.78, 5) is 11.6. The second kappa shape index (κ2) is 8.39. The Morgan fingerprint density at radius 3 is 1.42 bits per heavy atom. The number of benzene rings is 2. The average Bonchev–Trinajstić information content (AvgIpc) is 2.45.